The van der Waals surface area contributed by atoms with Crippen LogP contribution >= 0.6 is 23.2 Å². The molecule has 33 heavy (non-hydrogen) atoms. The summed E-state index contributed by atoms with van der Waals surface area (Å²) in [6, 6.07) is 22.3. The predicted octanol–water partition coefficient (Wildman–Crippen LogP) is 7.70. The first kappa shape index (κ1) is 23.7. The van der Waals surface area contributed by atoms with E-state index in [2.05, 4.69) is 75.5 Å². The first-order chi connectivity index (χ1) is 15.7. The number of rotatable bonds is 6. The van der Waals surface area contributed by atoms with E-state index in [-0.39, 0.29) is 0 Å². The number of amidine groups is 1. The van der Waals surface area contributed by atoms with Gasteiger partial charge in [0, 0.05) is 10.0 Å². The van der Waals surface area contributed by atoms with Crippen LogP contribution in [0.5, 0.6) is 5.75 Å². The van der Waals surface area contributed by atoms with Crippen molar-refractivity contribution in [3.63, 3.8) is 0 Å². The summed E-state index contributed by atoms with van der Waals surface area (Å²) in [5, 5.41) is 5.17. The van der Waals surface area contributed by atoms with Gasteiger partial charge in [-0.1, -0.05) is 67.4 Å². The van der Waals surface area contributed by atoms with Gasteiger partial charge in [-0.15, -0.1) is 0 Å². The molecule has 0 saturated heterocycles. The van der Waals surface area contributed by atoms with Crippen LogP contribution in [0, 0.1) is 0 Å². The summed E-state index contributed by atoms with van der Waals surface area (Å²) in [5.41, 5.74) is 3.24. The van der Waals surface area contributed by atoms with Crippen molar-refractivity contribution in [1.82, 2.24) is 5.32 Å². The smallest absolute Gasteiger partial charge is 0.133 e. The molecule has 0 aromatic heterocycles. The fourth-order valence-electron chi connectivity index (χ4n) is 4.48. The Morgan fingerprint density at radius 2 is 1.45 bits per heavy atom. The van der Waals surface area contributed by atoms with Crippen LogP contribution in [0.25, 0.3) is 0 Å². The lowest BCUT2D eigenvalue weighted by Gasteiger charge is -2.40. The van der Waals surface area contributed by atoms with Crippen LogP contribution in [0.15, 0.2) is 71.7 Å². The number of nitrogens with one attached hydrogen (secondary N) is 1. The Kier molecular flexibility index (Phi) is 6.48. The molecule has 2 atom stereocenters. The Hall–Kier alpha value is -2.49. The largest absolute Gasteiger partial charge is 0.493 e. The van der Waals surface area contributed by atoms with E-state index in [1.807, 2.05) is 31.2 Å². The highest BCUT2D eigenvalue weighted by Gasteiger charge is 2.52. The summed E-state index contributed by atoms with van der Waals surface area (Å²) in [7, 11) is 0. The Bertz CT molecular complexity index is 1170. The third kappa shape index (κ3) is 4.25. The van der Waals surface area contributed by atoms with Gasteiger partial charge in [-0.2, -0.15) is 0 Å². The third-order valence-electron chi connectivity index (χ3n) is 6.73. The molecule has 3 aromatic rings. The molecule has 0 saturated carbocycles. The van der Waals surface area contributed by atoms with Gasteiger partial charge < -0.3 is 10.1 Å². The number of aliphatic imine (C=N–C) groups is 1. The van der Waals surface area contributed by atoms with Crippen molar-refractivity contribution in [3.05, 3.63) is 99.0 Å². The minimum Gasteiger partial charge on any atom is -0.493 e. The quantitative estimate of drug-likeness (QED) is 0.392. The van der Waals surface area contributed by atoms with Crippen molar-refractivity contribution in [2.24, 2.45) is 4.99 Å². The Morgan fingerprint density at radius 3 is 2.00 bits per heavy atom. The standard InChI is InChI=1S/C28H30Cl2N2O/c1-6-33-25-17-19(18(2)3)7-16-24(25)26-31-27(4,20-8-12-22(29)13-9-20)28(5,32-26)21-10-14-23(30)15-11-21/h7-18H,6H2,1-5H3,(H,31,32)/t27-,28+. The molecule has 1 aliphatic heterocycles. The van der Waals surface area contributed by atoms with Gasteiger partial charge in [0.2, 0.25) is 0 Å². The van der Waals surface area contributed by atoms with E-state index in [0.29, 0.717) is 22.6 Å². The van der Waals surface area contributed by atoms with Crippen molar-refractivity contribution in [2.75, 3.05) is 6.61 Å². The van der Waals surface area contributed by atoms with Gasteiger partial charge >= 0.3 is 0 Å². The molecular formula is C28H30Cl2N2O. The van der Waals surface area contributed by atoms with Gasteiger partial charge in [-0.3, -0.25) is 4.99 Å². The highest BCUT2D eigenvalue weighted by atomic mass is 35.5. The summed E-state index contributed by atoms with van der Waals surface area (Å²) >= 11 is 12.4. The SMILES string of the molecule is CCOc1cc(C(C)C)ccc1C1=N[C@@](C)(c2ccc(Cl)cc2)[C@@](C)(c2ccc(Cl)cc2)N1. The van der Waals surface area contributed by atoms with Gasteiger partial charge in [0.05, 0.1) is 17.7 Å². The van der Waals surface area contributed by atoms with Crippen LogP contribution in [-0.4, -0.2) is 12.4 Å². The number of ether oxygens (including phenoxy) is 1. The summed E-state index contributed by atoms with van der Waals surface area (Å²) in [4.78, 5) is 5.31. The normalized spacial score (nSPS) is 22.2. The summed E-state index contributed by atoms with van der Waals surface area (Å²) in [6.07, 6.45) is 0. The predicted molar refractivity (Wildman–Crippen MR) is 139 cm³/mol. The average Bonchev–Trinajstić information content (AvgIpc) is 3.07. The van der Waals surface area contributed by atoms with E-state index in [4.69, 9.17) is 32.9 Å². The molecule has 3 aromatic carbocycles. The molecule has 0 fully saturated rings. The maximum absolute atomic E-state index is 6.21. The number of halogens is 2. The second-order valence-electron chi connectivity index (χ2n) is 9.14. The van der Waals surface area contributed by atoms with Gasteiger partial charge in [0.25, 0.3) is 0 Å². The molecule has 1 aliphatic rings. The molecule has 5 heteroatoms. The summed E-state index contributed by atoms with van der Waals surface area (Å²) in [6.45, 7) is 11.3. The third-order valence-corrected chi connectivity index (χ3v) is 7.24. The van der Waals surface area contributed by atoms with Crippen molar-refractivity contribution < 1.29 is 4.74 Å². The van der Waals surface area contributed by atoms with Gasteiger partial charge in [0.15, 0.2) is 0 Å². The highest BCUT2D eigenvalue weighted by molar-refractivity contribution is 6.30. The van der Waals surface area contributed by atoms with Crippen molar-refractivity contribution in [2.45, 2.75) is 51.6 Å². The molecule has 0 unspecified atom stereocenters. The van der Waals surface area contributed by atoms with Crippen LogP contribution in [0.3, 0.4) is 0 Å². The molecule has 3 nitrogen and oxygen atoms in total. The maximum Gasteiger partial charge on any atom is 0.133 e. The fourth-order valence-corrected chi connectivity index (χ4v) is 4.73. The number of hydrogen-bond donors (Lipinski definition) is 1. The van der Waals surface area contributed by atoms with Gasteiger partial charge in [-0.25, -0.2) is 0 Å². The van der Waals surface area contributed by atoms with Crippen LogP contribution < -0.4 is 10.1 Å². The van der Waals surface area contributed by atoms with E-state index >= 15 is 0 Å². The van der Waals surface area contributed by atoms with E-state index in [9.17, 15) is 0 Å². The number of nitrogens with zero attached hydrogens (tertiary/aromatic N) is 1. The van der Waals surface area contributed by atoms with Crippen LogP contribution in [0.1, 0.15) is 62.8 Å². The molecular weight excluding hydrogens is 451 g/mol. The number of benzene rings is 3. The average molecular weight is 481 g/mol. The molecule has 0 spiro atoms. The van der Waals surface area contributed by atoms with E-state index < -0.39 is 11.1 Å². The van der Waals surface area contributed by atoms with Gasteiger partial charge in [0.1, 0.15) is 17.1 Å². The second-order valence-corrected chi connectivity index (χ2v) is 10.0. The molecule has 0 radical (unpaired) electrons. The van der Waals surface area contributed by atoms with E-state index in [1.165, 1.54) is 5.56 Å². The summed E-state index contributed by atoms with van der Waals surface area (Å²) < 4.78 is 6.06. The fraction of sp³-hybridized carbons (Fsp3) is 0.321. The Morgan fingerprint density at radius 1 is 0.879 bits per heavy atom. The summed E-state index contributed by atoms with van der Waals surface area (Å²) in [5.74, 6) is 2.06. The van der Waals surface area contributed by atoms with Crippen LogP contribution in [0.2, 0.25) is 10.0 Å². The van der Waals surface area contributed by atoms with E-state index in [0.717, 1.165) is 28.3 Å². The van der Waals surface area contributed by atoms with Gasteiger partial charge in [-0.05, 0) is 79.8 Å². The second kappa shape index (κ2) is 9.04. The zero-order valence-electron chi connectivity index (χ0n) is 19.7. The maximum atomic E-state index is 6.21. The lowest BCUT2D eigenvalue weighted by atomic mass is 9.72. The van der Waals surface area contributed by atoms with Crippen LogP contribution in [0.4, 0.5) is 0 Å². The first-order valence-corrected chi connectivity index (χ1v) is 12.1. The highest BCUT2D eigenvalue weighted by Crippen LogP contribution is 2.48. The van der Waals surface area contributed by atoms with Crippen molar-refractivity contribution >= 4 is 29.0 Å². The van der Waals surface area contributed by atoms with Crippen molar-refractivity contribution in [1.29, 1.82) is 0 Å². The zero-order valence-corrected chi connectivity index (χ0v) is 21.3. The lowest BCUT2D eigenvalue weighted by Crippen LogP contribution is -2.50. The minimum atomic E-state index is -0.596. The number of hydrogen-bond acceptors (Lipinski definition) is 3. The Labute approximate surface area is 206 Å². The zero-order chi connectivity index (χ0) is 23.8. The monoisotopic (exact) mass is 480 g/mol. The first-order valence-electron chi connectivity index (χ1n) is 11.3. The topological polar surface area (TPSA) is 33.6 Å². The molecule has 1 heterocycles. The molecule has 0 aliphatic carbocycles. The molecule has 0 bridgehead atoms. The lowest BCUT2D eigenvalue weighted by molar-refractivity contribution is 0.268. The molecule has 0 amide bonds. The molecule has 4 rings (SSSR count). The molecule has 172 valence electrons. The van der Waals surface area contributed by atoms with E-state index in [1.54, 1.807) is 0 Å². The van der Waals surface area contributed by atoms with Crippen molar-refractivity contribution in [3.8, 4) is 5.75 Å². The Balaban J connectivity index is 1.89. The minimum absolute atomic E-state index is 0.412. The molecule has 1 N–H and O–H groups in total. The van der Waals surface area contributed by atoms with Crippen LogP contribution in [-0.2, 0) is 11.1 Å².